The number of carboxylic acid groups (broad SMARTS) is 2. The number of aliphatic carboxylic acids is 2. The van der Waals surface area contributed by atoms with Crippen molar-refractivity contribution in [3.05, 3.63) is 59.1 Å². The molecule has 2 rings (SSSR count). The van der Waals surface area contributed by atoms with Gasteiger partial charge < -0.3 is 20.8 Å². The second-order valence-electron chi connectivity index (χ2n) is 5.27. The Morgan fingerprint density at radius 3 is 2.04 bits per heavy atom. The summed E-state index contributed by atoms with van der Waals surface area (Å²) in [6.07, 6.45) is 0. The molecule has 138 valence electrons. The van der Waals surface area contributed by atoms with Crippen molar-refractivity contribution in [2.24, 2.45) is 5.73 Å². The molecule has 0 saturated carbocycles. The zero-order valence-electron chi connectivity index (χ0n) is 14.1. The van der Waals surface area contributed by atoms with E-state index >= 15 is 0 Å². The Balaban J connectivity index is 0.000000487. The number of carboxylic acids is 2. The highest BCUT2D eigenvalue weighted by Gasteiger charge is 2.07. The maximum Gasteiger partial charge on any atom is 0.414 e. The van der Waals surface area contributed by atoms with Crippen molar-refractivity contribution in [2.75, 3.05) is 13.6 Å². The van der Waals surface area contributed by atoms with Gasteiger partial charge in [-0.05, 0) is 34.9 Å². The summed E-state index contributed by atoms with van der Waals surface area (Å²) in [5.74, 6) is -3.72. The molecule has 0 bridgehead atoms. The molecule has 2 aromatic rings. The summed E-state index contributed by atoms with van der Waals surface area (Å²) in [6.45, 7) is 0.578. The third kappa shape index (κ3) is 6.92. The van der Waals surface area contributed by atoms with Crippen molar-refractivity contribution in [3.8, 4) is 11.1 Å². The number of rotatable bonds is 4. The van der Waals surface area contributed by atoms with Crippen LogP contribution >= 0.6 is 11.6 Å². The molecule has 2 aromatic carbocycles. The fraction of sp³-hybridized carbons (Fsp3) is 0.167. The number of carbonyl (C=O) groups is 3. The molecule has 8 heteroatoms. The summed E-state index contributed by atoms with van der Waals surface area (Å²) in [6, 6.07) is 15.8. The Bertz CT molecular complexity index is 783. The molecule has 0 aliphatic heterocycles. The summed E-state index contributed by atoms with van der Waals surface area (Å²) in [5, 5.41) is 15.5. The number of hydrogen-bond donors (Lipinski definition) is 3. The number of nitrogens with two attached hydrogens (primary N) is 1. The van der Waals surface area contributed by atoms with E-state index in [1.54, 1.807) is 11.9 Å². The predicted molar refractivity (Wildman–Crippen MR) is 97.7 cm³/mol. The second kappa shape index (κ2) is 10.2. The molecule has 0 aliphatic rings. The topological polar surface area (TPSA) is 121 Å². The van der Waals surface area contributed by atoms with Gasteiger partial charge >= 0.3 is 11.9 Å². The monoisotopic (exact) mass is 378 g/mol. The lowest BCUT2D eigenvalue weighted by molar-refractivity contribution is -0.159. The Labute approximate surface area is 155 Å². The van der Waals surface area contributed by atoms with Gasteiger partial charge in [0.1, 0.15) is 0 Å². The lowest BCUT2D eigenvalue weighted by Gasteiger charge is -2.16. The molecule has 0 spiro atoms. The molecule has 0 radical (unpaired) electrons. The van der Waals surface area contributed by atoms with Crippen LogP contribution in [0.5, 0.6) is 0 Å². The lowest BCUT2D eigenvalue weighted by atomic mass is 10.0. The molecule has 0 aliphatic carbocycles. The quantitative estimate of drug-likeness (QED) is 0.700. The van der Waals surface area contributed by atoms with E-state index in [4.69, 9.17) is 37.1 Å². The number of hydrogen-bond acceptors (Lipinski definition) is 4. The maximum absolute atomic E-state index is 11.5. The average molecular weight is 379 g/mol. The Morgan fingerprint density at radius 1 is 1.00 bits per heavy atom. The molecule has 0 unspecified atom stereocenters. The smallest absolute Gasteiger partial charge is 0.414 e. The van der Waals surface area contributed by atoms with Gasteiger partial charge in [0.15, 0.2) is 0 Å². The molecule has 0 atom stereocenters. The molecule has 1 amide bonds. The van der Waals surface area contributed by atoms with Crippen LogP contribution in [-0.4, -0.2) is 46.6 Å². The van der Waals surface area contributed by atoms with Crippen molar-refractivity contribution in [3.63, 3.8) is 0 Å². The normalized spacial score (nSPS) is 9.65. The predicted octanol–water partition coefficient (Wildman–Crippen LogP) is 2.08. The number of halogens is 1. The standard InChI is InChI=1S/C16H17ClN2O.C2H2O4/c1-19(16(20)10-18)11-12-4-2-5-13(8-12)14-6-3-7-15(17)9-14;3-1(4)2(5)6/h2-9H,10-11,18H2,1H3;(H,3,4)(H,5,6). The SMILES string of the molecule is CN(Cc1cccc(-c2cccc(Cl)c2)c1)C(=O)CN.O=C(O)C(=O)O. The molecule has 0 fully saturated rings. The van der Waals surface area contributed by atoms with Gasteiger partial charge in [0.25, 0.3) is 0 Å². The van der Waals surface area contributed by atoms with Crippen molar-refractivity contribution in [1.29, 1.82) is 0 Å². The summed E-state index contributed by atoms with van der Waals surface area (Å²) in [7, 11) is 1.75. The van der Waals surface area contributed by atoms with Crippen molar-refractivity contribution in [1.82, 2.24) is 4.90 Å². The van der Waals surface area contributed by atoms with Crippen LogP contribution in [-0.2, 0) is 20.9 Å². The van der Waals surface area contributed by atoms with E-state index in [0.29, 0.717) is 11.6 Å². The minimum atomic E-state index is -1.82. The van der Waals surface area contributed by atoms with Crippen LogP contribution in [0, 0.1) is 0 Å². The minimum Gasteiger partial charge on any atom is -0.473 e. The zero-order valence-corrected chi connectivity index (χ0v) is 14.8. The second-order valence-corrected chi connectivity index (χ2v) is 5.71. The molecule has 0 aromatic heterocycles. The van der Waals surface area contributed by atoms with Gasteiger partial charge in [-0.3, -0.25) is 4.79 Å². The molecular formula is C18H19ClN2O5. The number of likely N-dealkylation sites (N-methyl/N-ethyl adjacent to an activating group) is 1. The first-order chi connectivity index (χ1) is 12.2. The van der Waals surface area contributed by atoms with Gasteiger partial charge in [0, 0.05) is 18.6 Å². The first-order valence-corrected chi connectivity index (χ1v) is 7.87. The highest BCUT2D eigenvalue weighted by Crippen LogP contribution is 2.23. The van der Waals surface area contributed by atoms with Crippen molar-refractivity contribution in [2.45, 2.75) is 6.54 Å². The van der Waals surface area contributed by atoms with Crippen LogP contribution in [0.15, 0.2) is 48.5 Å². The lowest BCUT2D eigenvalue weighted by Crippen LogP contribution is -2.32. The minimum absolute atomic E-state index is 0.0322. The first-order valence-electron chi connectivity index (χ1n) is 7.49. The summed E-state index contributed by atoms with van der Waals surface area (Å²) in [4.78, 5) is 31.3. The highest BCUT2D eigenvalue weighted by atomic mass is 35.5. The molecule has 4 N–H and O–H groups in total. The van der Waals surface area contributed by atoms with Gasteiger partial charge in [-0.1, -0.05) is 41.9 Å². The highest BCUT2D eigenvalue weighted by molar-refractivity contribution is 6.30. The number of amides is 1. The first kappa shape index (κ1) is 21.1. The van der Waals surface area contributed by atoms with Crippen LogP contribution < -0.4 is 5.73 Å². The van der Waals surface area contributed by atoms with Gasteiger partial charge in [0.2, 0.25) is 5.91 Å². The van der Waals surface area contributed by atoms with E-state index in [0.717, 1.165) is 16.7 Å². The average Bonchev–Trinajstić information content (AvgIpc) is 2.61. The van der Waals surface area contributed by atoms with Crippen LogP contribution in [0.3, 0.4) is 0 Å². The van der Waals surface area contributed by atoms with Gasteiger partial charge in [-0.15, -0.1) is 0 Å². The largest absolute Gasteiger partial charge is 0.473 e. The van der Waals surface area contributed by atoms with Crippen LogP contribution in [0.25, 0.3) is 11.1 Å². The molecule has 26 heavy (non-hydrogen) atoms. The molecular weight excluding hydrogens is 360 g/mol. The summed E-state index contributed by atoms with van der Waals surface area (Å²) >= 11 is 6.01. The third-order valence-corrected chi connectivity index (χ3v) is 3.52. The summed E-state index contributed by atoms with van der Waals surface area (Å²) in [5.41, 5.74) is 8.56. The number of nitrogens with zero attached hydrogens (tertiary/aromatic N) is 1. The molecule has 7 nitrogen and oxygen atoms in total. The van der Waals surface area contributed by atoms with Crippen molar-refractivity contribution < 1.29 is 24.6 Å². The molecule has 0 saturated heterocycles. The van der Waals surface area contributed by atoms with E-state index in [1.165, 1.54) is 0 Å². The van der Waals surface area contributed by atoms with E-state index in [-0.39, 0.29) is 12.5 Å². The van der Waals surface area contributed by atoms with Crippen LogP contribution in [0.2, 0.25) is 5.02 Å². The Hall–Kier alpha value is -2.90. The Kier molecular flexibility index (Phi) is 8.27. The number of carbonyl (C=O) groups excluding carboxylic acids is 1. The van der Waals surface area contributed by atoms with Gasteiger partial charge in [-0.25, -0.2) is 9.59 Å². The fourth-order valence-electron chi connectivity index (χ4n) is 2.04. The van der Waals surface area contributed by atoms with Crippen molar-refractivity contribution >= 4 is 29.4 Å². The van der Waals surface area contributed by atoms with E-state index in [1.807, 2.05) is 42.5 Å². The number of benzene rings is 2. The fourth-order valence-corrected chi connectivity index (χ4v) is 2.23. The Morgan fingerprint density at radius 2 is 1.54 bits per heavy atom. The summed E-state index contributed by atoms with van der Waals surface area (Å²) < 4.78 is 0. The van der Waals surface area contributed by atoms with Gasteiger partial charge in [-0.2, -0.15) is 0 Å². The zero-order chi connectivity index (χ0) is 19.7. The third-order valence-electron chi connectivity index (χ3n) is 3.29. The van der Waals surface area contributed by atoms with E-state index < -0.39 is 11.9 Å². The molecule has 0 heterocycles. The van der Waals surface area contributed by atoms with E-state index in [2.05, 4.69) is 6.07 Å². The van der Waals surface area contributed by atoms with E-state index in [9.17, 15) is 4.79 Å². The maximum atomic E-state index is 11.5. The van der Waals surface area contributed by atoms with Crippen LogP contribution in [0.4, 0.5) is 0 Å². The van der Waals surface area contributed by atoms with Crippen LogP contribution in [0.1, 0.15) is 5.56 Å². The van der Waals surface area contributed by atoms with Gasteiger partial charge in [0.05, 0.1) is 6.54 Å².